The van der Waals surface area contributed by atoms with E-state index in [4.69, 9.17) is 0 Å². The number of likely N-dealkylation sites (tertiary alicyclic amines) is 1. The lowest BCUT2D eigenvalue weighted by Gasteiger charge is -2.38. The van der Waals surface area contributed by atoms with E-state index in [2.05, 4.69) is 5.32 Å². The number of nitrogens with zero attached hydrogens (tertiary/aromatic N) is 2. The topological polar surface area (TPSA) is 107 Å². The van der Waals surface area contributed by atoms with E-state index < -0.39 is 29.3 Å². The SMILES string of the molecule is O=C1CCC(N2C(=O)C3(CCN(C(=O)O)CC3)c3cc(F)ccc32)C(=O)N1. The summed E-state index contributed by atoms with van der Waals surface area (Å²) in [6, 6.07) is 3.17. The van der Waals surface area contributed by atoms with E-state index in [1.807, 2.05) is 0 Å². The molecule has 0 radical (unpaired) electrons. The Morgan fingerprint density at radius 2 is 1.93 bits per heavy atom. The standard InChI is InChI=1S/C18H18FN3O5/c19-10-1-2-12-11(9-10)18(5-7-21(8-6-18)17(26)27)16(25)22(12)13-3-4-14(23)20-15(13)24/h1-2,9,13H,3-8H2,(H,26,27)(H,20,23,24). The molecule has 2 fully saturated rings. The van der Waals surface area contributed by atoms with Crippen molar-refractivity contribution in [2.45, 2.75) is 37.1 Å². The minimum atomic E-state index is -1.06. The van der Waals surface area contributed by atoms with Gasteiger partial charge < -0.3 is 10.0 Å². The normalized spacial score (nSPS) is 24.2. The maximum atomic E-state index is 14.0. The first-order valence-electron chi connectivity index (χ1n) is 8.79. The molecule has 3 aliphatic rings. The Hall–Kier alpha value is -2.97. The third kappa shape index (κ3) is 2.56. The van der Waals surface area contributed by atoms with Crippen LogP contribution in [0.4, 0.5) is 14.9 Å². The molecule has 1 atom stereocenters. The van der Waals surface area contributed by atoms with Gasteiger partial charge in [-0.3, -0.25) is 24.6 Å². The summed E-state index contributed by atoms with van der Waals surface area (Å²) in [5, 5.41) is 11.4. The van der Waals surface area contributed by atoms with E-state index in [9.17, 15) is 28.7 Å². The highest BCUT2D eigenvalue weighted by Crippen LogP contribution is 2.49. The number of amides is 4. The number of piperidine rings is 2. The zero-order valence-electron chi connectivity index (χ0n) is 14.4. The number of nitrogens with one attached hydrogen (secondary N) is 1. The minimum Gasteiger partial charge on any atom is -0.465 e. The van der Waals surface area contributed by atoms with Crippen LogP contribution in [0.3, 0.4) is 0 Å². The molecule has 1 spiro atoms. The molecule has 0 aromatic heterocycles. The Bertz CT molecular complexity index is 863. The van der Waals surface area contributed by atoms with Gasteiger partial charge >= 0.3 is 6.09 Å². The molecular weight excluding hydrogens is 357 g/mol. The molecule has 1 unspecified atom stereocenters. The number of hydrogen-bond donors (Lipinski definition) is 2. The van der Waals surface area contributed by atoms with Crippen molar-refractivity contribution in [2.24, 2.45) is 0 Å². The molecule has 9 heteroatoms. The number of halogens is 1. The largest absolute Gasteiger partial charge is 0.465 e. The van der Waals surface area contributed by atoms with Gasteiger partial charge in [0.2, 0.25) is 17.7 Å². The summed E-state index contributed by atoms with van der Waals surface area (Å²) < 4.78 is 14.0. The highest BCUT2D eigenvalue weighted by atomic mass is 19.1. The lowest BCUT2D eigenvalue weighted by Crippen LogP contribution is -2.57. The Kier molecular flexibility index (Phi) is 3.90. The van der Waals surface area contributed by atoms with Crippen molar-refractivity contribution in [1.29, 1.82) is 0 Å². The summed E-state index contributed by atoms with van der Waals surface area (Å²) >= 11 is 0. The number of imide groups is 1. The molecular formula is C18H18FN3O5. The number of carboxylic acid groups (broad SMARTS) is 1. The number of rotatable bonds is 1. The molecule has 3 aliphatic heterocycles. The molecule has 2 saturated heterocycles. The van der Waals surface area contributed by atoms with Gasteiger partial charge in [-0.05, 0) is 43.0 Å². The van der Waals surface area contributed by atoms with Gasteiger partial charge in [0.1, 0.15) is 11.9 Å². The maximum Gasteiger partial charge on any atom is 0.407 e. The summed E-state index contributed by atoms with van der Waals surface area (Å²) in [5.41, 5.74) is -0.104. The molecule has 142 valence electrons. The second-order valence-corrected chi connectivity index (χ2v) is 7.16. The number of benzene rings is 1. The fourth-order valence-corrected chi connectivity index (χ4v) is 4.36. The zero-order valence-corrected chi connectivity index (χ0v) is 14.4. The number of hydrogen-bond acceptors (Lipinski definition) is 4. The predicted octanol–water partition coefficient (Wildman–Crippen LogP) is 0.989. The van der Waals surface area contributed by atoms with Crippen LogP contribution >= 0.6 is 0 Å². The number of carbonyl (C=O) groups excluding carboxylic acids is 3. The second kappa shape index (κ2) is 6.04. The van der Waals surface area contributed by atoms with Crippen molar-refractivity contribution in [1.82, 2.24) is 10.2 Å². The van der Waals surface area contributed by atoms with Crippen LogP contribution < -0.4 is 10.2 Å². The Morgan fingerprint density at radius 3 is 2.56 bits per heavy atom. The van der Waals surface area contributed by atoms with Gasteiger partial charge in [0, 0.05) is 25.2 Å². The van der Waals surface area contributed by atoms with Crippen molar-refractivity contribution >= 4 is 29.5 Å². The van der Waals surface area contributed by atoms with Crippen LogP contribution in [0.5, 0.6) is 0 Å². The first kappa shape index (κ1) is 17.4. The highest BCUT2D eigenvalue weighted by molar-refractivity contribution is 6.14. The van der Waals surface area contributed by atoms with E-state index in [-0.39, 0.29) is 50.6 Å². The molecule has 0 saturated carbocycles. The van der Waals surface area contributed by atoms with E-state index >= 15 is 0 Å². The van der Waals surface area contributed by atoms with Crippen molar-refractivity contribution in [2.75, 3.05) is 18.0 Å². The van der Waals surface area contributed by atoms with E-state index in [1.165, 1.54) is 28.0 Å². The third-order valence-corrected chi connectivity index (χ3v) is 5.77. The lowest BCUT2D eigenvalue weighted by molar-refractivity contribution is -0.136. The van der Waals surface area contributed by atoms with Crippen molar-refractivity contribution in [3.8, 4) is 0 Å². The van der Waals surface area contributed by atoms with Gasteiger partial charge in [-0.1, -0.05) is 0 Å². The average molecular weight is 375 g/mol. The van der Waals surface area contributed by atoms with Crippen LogP contribution in [0.25, 0.3) is 0 Å². The van der Waals surface area contributed by atoms with Gasteiger partial charge in [-0.2, -0.15) is 0 Å². The highest BCUT2D eigenvalue weighted by Gasteiger charge is 2.55. The number of anilines is 1. The average Bonchev–Trinajstić information content (AvgIpc) is 2.85. The van der Waals surface area contributed by atoms with E-state index in [0.29, 0.717) is 11.3 Å². The summed E-state index contributed by atoms with van der Waals surface area (Å²) in [5.74, 6) is -1.75. The Morgan fingerprint density at radius 1 is 1.22 bits per heavy atom. The van der Waals surface area contributed by atoms with Crippen LogP contribution in [0.15, 0.2) is 18.2 Å². The van der Waals surface area contributed by atoms with E-state index in [0.717, 1.165) is 0 Å². The van der Waals surface area contributed by atoms with Gasteiger partial charge in [0.15, 0.2) is 0 Å². The smallest absolute Gasteiger partial charge is 0.407 e. The van der Waals surface area contributed by atoms with Crippen LogP contribution in [0.2, 0.25) is 0 Å². The first-order chi connectivity index (χ1) is 12.8. The number of fused-ring (bicyclic) bond motifs is 2. The first-order valence-corrected chi connectivity index (χ1v) is 8.79. The monoisotopic (exact) mass is 375 g/mol. The van der Waals surface area contributed by atoms with Crippen molar-refractivity contribution < 1.29 is 28.7 Å². The summed E-state index contributed by atoms with van der Waals surface area (Å²) in [6.45, 7) is 0.306. The Balaban J connectivity index is 1.74. The van der Waals surface area contributed by atoms with Crippen molar-refractivity contribution in [3.05, 3.63) is 29.6 Å². The molecule has 2 N–H and O–H groups in total. The zero-order chi connectivity index (χ0) is 19.3. The minimum absolute atomic E-state index is 0.122. The molecule has 1 aromatic rings. The van der Waals surface area contributed by atoms with Gasteiger partial charge in [-0.15, -0.1) is 0 Å². The van der Waals surface area contributed by atoms with Gasteiger partial charge in [0.05, 0.1) is 5.41 Å². The van der Waals surface area contributed by atoms with Crippen LogP contribution in [0.1, 0.15) is 31.2 Å². The summed E-state index contributed by atoms with van der Waals surface area (Å²) in [6.07, 6.45) is -0.297. The molecule has 1 aromatic carbocycles. The van der Waals surface area contributed by atoms with Crippen LogP contribution in [0, 0.1) is 5.82 Å². The molecule has 27 heavy (non-hydrogen) atoms. The summed E-state index contributed by atoms with van der Waals surface area (Å²) in [4.78, 5) is 51.0. The Labute approximate surface area is 153 Å². The van der Waals surface area contributed by atoms with Crippen LogP contribution in [-0.4, -0.2) is 53.0 Å². The maximum absolute atomic E-state index is 14.0. The van der Waals surface area contributed by atoms with E-state index in [1.54, 1.807) is 0 Å². The fourth-order valence-electron chi connectivity index (χ4n) is 4.36. The molecule has 4 amide bonds. The molecule has 3 heterocycles. The summed E-state index contributed by atoms with van der Waals surface area (Å²) in [7, 11) is 0. The molecule has 0 aliphatic carbocycles. The molecule has 0 bridgehead atoms. The van der Waals surface area contributed by atoms with Crippen molar-refractivity contribution in [3.63, 3.8) is 0 Å². The third-order valence-electron chi connectivity index (χ3n) is 5.77. The fraction of sp³-hybridized carbons (Fsp3) is 0.444. The lowest BCUT2D eigenvalue weighted by atomic mass is 9.73. The molecule has 4 rings (SSSR count). The second-order valence-electron chi connectivity index (χ2n) is 7.16. The van der Waals surface area contributed by atoms with Gasteiger partial charge in [-0.25, -0.2) is 9.18 Å². The van der Waals surface area contributed by atoms with Crippen LogP contribution in [-0.2, 0) is 19.8 Å². The quantitative estimate of drug-likeness (QED) is 0.712. The predicted molar refractivity (Wildman–Crippen MR) is 90.6 cm³/mol. The molecule has 8 nitrogen and oxygen atoms in total. The van der Waals surface area contributed by atoms with Gasteiger partial charge in [0.25, 0.3) is 0 Å². The number of carbonyl (C=O) groups is 4.